The van der Waals surface area contributed by atoms with Crippen LogP contribution in [0.5, 0.6) is 0 Å². The second-order valence-electron chi connectivity index (χ2n) is 6.35. The first-order valence-electron chi connectivity index (χ1n) is 9.12. The van der Waals surface area contributed by atoms with E-state index in [1.165, 1.54) is 16.2 Å². The molecular formula is C20H27N3O4S. The molecule has 0 saturated carbocycles. The molecule has 0 spiro atoms. The van der Waals surface area contributed by atoms with Gasteiger partial charge in [-0.1, -0.05) is 30.3 Å². The van der Waals surface area contributed by atoms with Gasteiger partial charge in [0.05, 0.1) is 18.8 Å². The molecular weight excluding hydrogens is 378 g/mol. The summed E-state index contributed by atoms with van der Waals surface area (Å²) < 4.78 is 10.6. The molecule has 2 aromatic rings. The molecule has 0 aliphatic rings. The average molecular weight is 406 g/mol. The maximum atomic E-state index is 12.5. The van der Waals surface area contributed by atoms with Crippen molar-refractivity contribution in [1.29, 1.82) is 0 Å². The predicted molar refractivity (Wildman–Crippen MR) is 109 cm³/mol. The third-order valence-corrected chi connectivity index (χ3v) is 5.06. The van der Waals surface area contributed by atoms with E-state index in [-0.39, 0.29) is 25.0 Å². The summed E-state index contributed by atoms with van der Waals surface area (Å²) in [5.74, 6) is -0.503. The second-order valence-corrected chi connectivity index (χ2v) is 7.55. The average Bonchev–Trinajstić information content (AvgIpc) is 2.98. The van der Waals surface area contributed by atoms with Crippen molar-refractivity contribution < 1.29 is 19.1 Å². The molecule has 1 N–H and O–H groups in total. The summed E-state index contributed by atoms with van der Waals surface area (Å²) in [5, 5.41) is 3.31. The van der Waals surface area contributed by atoms with Gasteiger partial charge in [0.15, 0.2) is 5.13 Å². The molecule has 8 heteroatoms. The molecule has 152 valence electrons. The van der Waals surface area contributed by atoms with Gasteiger partial charge in [-0.05, 0) is 25.8 Å². The third-order valence-electron chi connectivity index (χ3n) is 4.08. The number of nitrogens with zero attached hydrogens (tertiary/aromatic N) is 2. The van der Waals surface area contributed by atoms with E-state index < -0.39 is 0 Å². The van der Waals surface area contributed by atoms with Gasteiger partial charge in [-0.2, -0.15) is 0 Å². The van der Waals surface area contributed by atoms with Crippen molar-refractivity contribution in [3.63, 3.8) is 0 Å². The van der Waals surface area contributed by atoms with Gasteiger partial charge in [0.25, 0.3) is 0 Å². The number of carbonyl (C=O) groups excluding carboxylic acids is 2. The Morgan fingerprint density at radius 1 is 1.21 bits per heavy atom. The quantitative estimate of drug-likeness (QED) is 0.582. The monoisotopic (exact) mass is 405 g/mol. The molecule has 0 aliphatic carbocycles. The number of rotatable bonds is 11. The summed E-state index contributed by atoms with van der Waals surface area (Å²) in [6.07, 6.45) is 0.643. The first-order chi connectivity index (χ1) is 13.5. The SMILES string of the molecule is COCCCN(CC(=O)Nc1nc(C)c(C)s1)C(=O)COCc1ccccc1. The van der Waals surface area contributed by atoms with Crippen molar-refractivity contribution in [2.75, 3.05) is 38.7 Å². The molecule has 0 fully saturated rings. The van der Waals surface area contributed by atoms with E-state index in [1.807, 2.05) is 44.2 Å². The lowest BCUT2D eigenvalue weighted by molar-refractivity contribution is -0.139. The highest BCUT2D eigenvalue weighted by Gasteiger charge is 2.18. The van der Waals surface area contributed by atoms with Crippen molar-refractivity contribution in [2.45, 2.75) is 26.9 Å². The molecule has 0 atom stereocenters. The molecule has 0 aliphatic heterocycles. The van der Waals surface area contributed by atoms with Crippen molar-refractivity contribution in [3.8, 4) is 0 Å². The fourth-order valence-corrected chi connectivity index (χ4v) is 3.30. The van der Waals surface area contributed by atoms with Crippen molar-refractivity contribution >= 4 is 28.3 Å². The number of ether oxygens (including phenoxy) is 2. The number of hydrogen-bond donors (Lipinski definition) is 1. The van der Waals surface area contributed by atoms with Crippen LogP contribution in [0.3, 0.4) is 0 Å². The summed E-state index contributed by atoms with van der Waals surface area (Å²) in [7, 11) is 1.61. The molecule has 1 aromatic carbocycles. The normalized spacial score (nSPS) is 10.7. The largest absolute Gasteiger partial charge is 0.385 e. The van der Waals surface area contributed by atoms with Gasteiger partial charge in [0, 0.05) is 25.1 Å². The molecule has 0 unspecified atom stereocenters. The van der Waals surface area contributed by atoms with Crippen LogP contribution in [-0.2, 0) is 25.7 Å². The zero-order chi connectivity index (χ0) is 20.4. The van der Waals surface area contributed by atoms with E-state index in [0.717, 1.165) is 16.1 Å². The summed E-state index contributed by atoms with van der Waals surface area (Å²) in [6.45, 7) is 5.01. The number of aryl methyl sites for hydroxylation is 2. The first kappa shape index (κ1) is 22.0. The highest BCUT2D eigenvalue weighted by Crippen LogP contribution is 2.20. The number of anilines is 1. The number of hydrogen-bond acceptors (Lipinski definition) is 6. The van der Waals surface area contributed by atoms with Gasteiger partial charge in [-0.25, -0.2) is 4.98 Å². The van der Waals surface area contributed by atoms with Crippen molar-refractivity contribution in [1.82, 2.24) is 9.88 Å². The first-order valence-corrected chi connectivity index (χ1v) is 9.93. The lowest BCUT2D eigenvalue weighted by Gasteiger charge is -2.22. The van der Waals surface area contributed by atoms with E-state index in [1.54, 1.807) is 7.11 Å². The van der Waals surface area contributed by atoms with Crippen molar-refractivity contribution in [3.05, 3.63) is 46.5 Å². The molecule has 1 heterocycles. The summed E-state index contributed by atoms with van der Waals surface area (Å²) in [6, 6.07) is 9.64. The van der Waals surface area contributed by atoms with Crippen LogP contribution in [0.2, 0.25) is 0 Å². The molecule has 28 heavy (non-hydrogen) atoms. The minimum absolute atomic E-state index is 0.0467. The summed E-state index contributed by atoms with van der Waals surface area (Å²) >= 11 is 1.42. The molecule has 2 rings (SSSR count). The smallest absolute Gasteiger partial charge is 0.249 e. The third kappa shape index (κ3) is 7.38. The van der Waals surface area contributed by atoms with E-state index in [2.05, 4.69) is 10.3 Å². The van der Waals surface area contributed by atoms with Crippen LogP contribution in [0.25, 0.3) is 0 Å². The maximum Gasteiger partial charge on any atom is 0.249 e. The van der Waals surface area contributed by atoms with E-state index in [4.69, 9.17) is 9.47 Å². The molecule has 0 saturated heterocycles. The number of methoxy groups -OCH3 is 1. The van der Waals surface area contributed by atoms with Crippen LogP contribution in [-0.4, -0.2) is 55.1 Å². The van der Waals surface area contributed by atoms with Gasteiger partial charge >= 0.3 is 0 Å². The highest BCUT2D eigenvalue weighted by molar-refractivity contribution is 7.15. The Morgan fingerprint density at radius 3 is 2.61 bits per heavy atom. The van der Waals surface area contributed by atoms with Gasteiger partial charge in [0.1, 0.15) is 6.61 Å². The number of thiazole rings is 1. The second kappa shape index (κ2) is 11.5. The highest BCUT2D eigenvalue weighted by atomic mass is 32.1. The Morgan fingerprint density at radius 2 is 1.96 bits per heavy atom. The van der Waals surface area contributed by atoms with Crippen LogP contribution >= 0.6 is 11.3 Å². The van der Waals surface area contributed by atoms with E-state index in [0.29, 0.717) is 31.3 Å². The van der Waals surface area contributed by atoms with Crippen LogP contribution in [0.15, 0.2) is 30.3 Å². The van der Waals surface area contributed by atoms with Crippen LogP contribution in [0.4, 0.5) is 5.13 Å². The number of amides is 2. The van der Waals surface area contributed by atoms with Gasteiger partial charge in [-0.3, -0.25) is 9.59 Å². The Balaban J connectivity index is 1.87. The van der Waals surface area contributed by atoms with E-state index in [9.17, 15) is 9.59 Å². The molecule has 2 amide bonds. The number of benzene rings is 1. The number of nitrogens with one attached hydrogen (secondary N) is 1. The summed E-state index contributed by atoms with van der Waals surface area (Å²) in [5.41, 5.74) is 1.89. The molecule has 0 bridgehead atoms. The zero-order valence-electron chi connectivity index (χ0n) is 16.6. The lowest BCUT2D eigenvalue weighted by atomic mass is 10.2. The Bertz CT molecular complexity index is 745. The van der Waals surface area contributed by atoms with E-state index >= 15 is 0 Å². The fraction of sp³-hybridized carbons (Fsp3) is 0.450. The number of carbonyl (C=O) groups is 2. The van der Waals surface area contributed by atoms with Gasteiger partial charge in [0.2, 0.25) is 11.8 Å². The van der Waals surface area contributed by atoms with Crippen LogP contribution in [0, 0.1) is 13.8 Å². The van der Waals surface area contributed by atoms with Gasteiger partial charge in [-0.15, -0.1) is 11.3 Å². The Labute approximate surface area is 169 Å². The lowest BCUT2D eigenvalue weighted by Crippen LogP contribution is -2.40. The topological polar surface area (TPSA) is 80.8 Å². The minimum Gasteiger partial charge on any atom is -0.385 e. The molecule has 7 nitrogen and oxygen atoms in total. The van der Waals surface area contributed by atoms with Crippen molar-refractivity contribution in [2.24, 2.45) is 0 Å². The molecule has 0 radical (unpaired) electrons. The fourth-order valence-electron chi connectivity index (χ4n) is 2.47. The van der Waals surface area contributed by atoms with Crippen LogP contribution < -0.4 is 5.32 Å². The van der Waals surface area contributed by atoms with Gasteiger partial charge < -0.3 is 19.7 Å². The predicted octanol–water partition coefficient (Wildman–Crippen LogP) is 2.78. The Kier molecular flexibility index (Phi) is 9.06. The number of aromatic nitrogens is 1. The Hall–Kier alpha value is -2.29. The zero-order valence-corrected chi connectivity index (χ0v) is 17.4. The standard InChI is InChI=1S/C20H27N3O4S/c1-15-16(2)28-20(21-15)22-18(24)12-23(10-7-11-26-3)19(25)14-27-13-17-8-5-4-6-9-17/h4-6,8-9H,7,10-14H2,1-3H3,(H,21,22,24). The molecule has 1 aromatic heterocycles. The maximum absolute atomic E-state index is 12.5. The van der Waals surface area contributed by atoms with Crippen LogP contribution in [0.1, 0.15) is 22.6 Å². The summed E-state index contributed by atoms with van der Waals surface area (Å²) in [4.78, 5) is 31.8. The minimum atomic E-state index is -0.275.